The van der Waals surface area contributed by atoms with E-state index in [0.717, 1.165) is 52.9 Å². The number of rotatable bonds is 3. The van der Waals surface area contributed by atoms with Crippen LogP contribution in [0.5, 0.6) is 5.75 Å². The van der Waals surface area contributed by atoms with Crippen molar-refractivity contribution in [2.75, 3.05) is 0 Å². The van der Waals surface area contributed by atoms with Crippen molar-refractivity contribution in [3.8, 4) is 5.75 Å². The third-order valence-corrected chi connectivity index (χ3v) is 4.38. The van der Waals surface area contributed by atoms with E-state index in [1.165, 1.54) is 5.56 Å². The van der Waals surface area contributed by atoms with Crippen molar-refractivity contribution < 1.29 is 9.94 Å². The lowest BCUT2D eigenvalue weighted by Gasteiger charge is -2.12. The Balaban J connectivity index is 1.65. The van der Waals surface area contributed by atoms with Crippen LogP contribution in [-0.4, -0.2) is 15.9 Å². The van der Waals surface area contributed by atoms with Gasteiger partial charge in [-0.15, -0.1) is 0 Å². The van der Waals surface area contributed by atoms with Crippen molar-refractivity contribution in [2.24, 2.45) is 5.16 Å². The first-order valence-corrected chi connectivity index (χ1v) is 7.88. The highest BCUT2D eigenvalue weighted by Gasteiger charge is 2.21. The van der Waals surface area contributed by atoms with E-state index < -0.39 is 0 Å². The van der Waals surface area contributed by atoms with Gasteiger partial charge in [0.15, 0.2) is 0 Å². The number of nitrogens with one attached hydrogen (secondary N) is 1. The first-order valence-electron chi connectivity index (χ1n) is 7.88. The summed E-state index contributed by atoms with van der Waals surface area (Å²) in [6.07, 6.45) is 2.82. The Morgan fingerprint density at radius 3 is 2.78 bits per heavy atom. The molecule has 2 N–H and O–H groups in total. The van der Waals surface area contributed by atoms with E-state index in [9.17, 15) is 5.21 Å². The van der Waals surface area contributed by atoms with Gasteiger partial charge in [0.25, 0.3) is 0 Å². The SMILES string of the molecule is O/N=C1/CCCc2c1[nH]c1ccc(OCc3ccccc3)cc21. The second-order valence-corrected chi connectivity index (χ2v) is 5.86. The molecule has 0 spiro atoms. The maximum Gasteiger partial charge on any atom is 0.120 e. The summed E-state index contributed by atoms with van der Waals surface area (Å²) in [5.41, 5.74) is 5.15. The zero-order valence-corrected chi connectivity index (χ0v) is 12.7. The summed E-state index contributed by atoms with van der Waals surface area (Å²) in [6.45, 7) is 0.558. The molecule has 0 bridgehead atoms. The van der Waals surface area contributed by atoms with Crippen LogP contribution < -0.4 is 4.74 Å². The summed E-state index contributed by atoms with van der Waals surface area (Å²) in [5, 5.41) is 13.8. The molecule has 4 nitrogen and oxygen atoms in total. The molecule has 23 heavy (non-hydrogen) atoms. The van der Waals surface area contributed by atoms with Gasteiger partial charge in [0.1, 0.15) is 18.1 Å². The molecule has 4 rings (SSSR count). The molecular weight excluding hydrogens is 288 g/mol. The summed E-state index contributed by atoms with van der Waals surface area (Å²) in [6, 6.07) is 16.2. The van der Waals surface area contributed by atoms with Crippen LogP contribution in [0.1, 0.15) is 29.7 Å². The quantitative estimate of drug-likeness (QED) is 0.561. The number of ether oxygens (including phenoxy) is 1. The van der Waals surface area contributed by atoms with Crippen molar-refractivity contribution in [3.63, 3.8) is 0 Å². The van der Waals surface area contributed by atoms with Gasteiger partial charge in [-0.1, -0.05) is 35.5 Å². The van der Waals surface area contributed by atoms with Crippen LogP contribution in [-0.2, 0) is 13.0 Å². The third kappa shape index (κ3) is 2.57. The summed E-state index contributed by atoms with van der Waals surface area (Å²) in [7, 11) is 0. The Morgan fingerprint density at radius 2 is 1.96 bits per heavy atom. The zero-order chi connectivity index (χ0) is 15.6. The molecule has 0 unspecified atom stereocenters. The van der Waals surface area contributed by atoms with E-state index in [0.29, 0.717) is 6.61 Å². The highest BCUT2D eigenvalue weighted by molar-refractivity contribution is 6.06. The van der Waals surface area contributed by atoms with Crippen molar-refractivity contribution in [1.29, 1.82) is 0 Å². The normalized spacial score (nSPS) is 15.7. The Bertz CT molecular complexity index is 866. The van der Waals surface area contributed by atoms with Crippen LogP contribution >= 0.6 is 0 Å². The number of hydrogen-bond donors (Lipinski definition) is 2. The molecule has 0 saturated heterocycles. The summed E-state index contributed by atoms with van der Waals surface area (Å²) >= 11 is 0. The number of aromatic nitrogens is 1. The van der Waals surface area contributed by atoms with Gasteiger partial charge in [0, 0.05) is 10.9 Å². The largest absolute Gasteiger partial charge is 0.489 e. The van der Waals surface area contributed by atoms with Gasteiger partial charge >= 0.3 is 0 Å². The lowest BCUT2D eigenvalue weighted by molar-refractivity contribution is 0.306. The number of aryl methyl sites for hydroxylation is 1. The van der Waals surface area contributed by atoms with Gasteiger partial charge in [-0.2, -0.15) is 0 Å². The molecule has 2 aromatic carbocycles. The topological polar surface area (TPSA) is 57.6 Å². The summed E-state index contributed by atoms with van der Waals surface area (Å²) in [4.78, 5) is 3.37. The molecular formula is C19H18N2O2. The summed E-state index contributed by atoms with van der Waals surface area (Å²) in [5.74, 6) is 0.858. The fraction of sp³-hybridized carbons (Fsp3) is 0.211. The molecule has 1 aliphatic carbocycles. The average Bonchev–Trinajstić information content (AvgIpc) is 2.99. The van der Waals surface area contributed by atoms with E-state index in [-0.39, 0.29) is 0 Å². The lowest BCUT2D eigenvalue weighted by atomic mass is 9.94. The highest BCUT2D eigenvalue weighted by atomic mass is 16.5. The maximum absolute atomic E-state index is 9.17. The van der Waals surface area contributed by atoms with E-state index >= 15 is 0 Å². The predicted octanol–water partition coefficient (Wildman–Crippen LogP) is 4.26. The van der Waals surface area contributed by atoms with Crippen LogP contribution in [0.25, 0.3) is 10.9 Å². The Kier molecular flexibility index (Phi) is 3.50. The van der Waals surface area contributed by atoms with E-state index in [4.69, 9.17) is 4.74 Å². The molecule has 3 aromatic rings. The Labute approximate surface area is 134 Å². The molecule has 4 heteroatoms. The van der Waals surface area contributed by atoms with Crippen LogP contribution in [0.4, 0.5) is 0 Å². The standard InChI is InChI=1S/C19H18N2O2/c22-21-18-8-4-7-15-16-11-14(9-10-17(16)20-19(15)18)23-12-13-5-2-1-3-6-13/h1-3,5-6,9-11,20,22H,4,7-8,12H2/b21-18-. The molecule has 0 aliphatic heterocycles. The predicted molar refractivity (Wildman–Crippen MR) is 90.3 cm³/mol. The summed E-state index contributed by atoms with van der Waals surface area (Å²) < 4.78 is 5.92. The molecule has 1 heterocycles. The first-order chi connectivity index (χ1) is 11.3. The molecule has 1 aromatic heterocycles. The third-order valence-electron chi connectivity index (χ3n) is 4.38. The van der Waals surface area contributed by atoms with Crippen molar-refractivity contribution in [1.82, 2.24) is 4.98 Å². The van der Waals surface area contributed by atoms with Gasteiger partial charge in [-0.05, 0) is 48.6 Å². The lowest BCUT2D eigenvalue weighted by Crippen LogP contribution is -2.11. The molecule has 0 saturated carbocycles. The van der Waals surface area contributed by atoms with E-state index in [1.54, 1.807) is 0 Å². The number of fused-ring (bicyclic) bond motifs is 3. The molecule has 0 radical (unpaired) electrons. The molecule has 116 valence electrons. The number of nitrogens with zero attached hydrogens (tertiary/aromatic N) is 1. The molecule has 0 atom stereocenters. The smallest absolute Gasteiger partial charge is 0.120 e. The zero-order valence-electron chi connectivity index (χ0n) is 12.7. The highest BCUT2D eigenvalue weighted by Crippen LogP contribution is 2.32. The van der Waals surface area contributed by atoms with Crippen molar-refractivity contribution in [2.45, 2.75) is 25.9 Å². The van der Waals surface area contributed by atoms with Crippen LogP contribution in [0, 0.1) is 0 Å². The van der Waals surface area contributed by atoms with E-state index in [2.05, 4.69) is 28.3 Å². The van der Waals surface area contributed by atoms with Crippen molar-refractivity contribution >= 4 is 16.6 Å². The van der Waals surface area contributed by atoms with Gasteiger partial charge < -0.3 is 14.9 Å². The number of hydrogen-bond acceptors (Lipinski definition) is 3. The van der Waals surface area contributed by atoms with Crippen molar-refractivity contribution in [3.05, 3.63) is 65.4 Å². The molecule has 0 fully saturated rings. The van der Waals surface area contributed by atoms with Gasteiger partial charge in [0.2, 0.25) is 0 Å². The number of aromatic amines is 1. The minimum Gasteiger partial charge on any atom is -0.489 e. The van der Waals surface area contributed by atoms with Crippen LogP contribution in [0.2, 0.25) is 0 Å². The fourth-order valence-electron chi connectivity index (χ4n) is 3.22. The first kappa shape index (κ1) is 13.9. The molecule has 1 aliphatic rings. The second-order valence-electron chi connectivity index (χ2n) is 5.86. The van der Waals surface area contributed by atoms with Gasteiger partial charge in [0.05, 0.1) is 5.69 Å². The Morgan fingerprint density at radius 1 is 1.09 bits per heavy atom. The minimum atomic E-state index is 0.558. The van der Waals surface area contributed by atoms with Crippen LogP contribution in [0.15, 0.2) is 53.7 Å². The minimum absolute atomic E-state index is 0.558. The number of benzene rings is 2. The van der Waals surface area contributed by atoms with Gasteiger partial charge in [-0.25, -0.2) is 0 Å². The molecule has 0 amide bonds. The number of H-pyrrole nitrogens is 1. The fourth-order valence-corrected chi connectivity index (χ4v) is 3.22. The van der Waals surface area contributed by atoms with Gasteiger partial charge in [-0.3, -0.25) is 0 Å². The maximum atomic E-state index is 9.17. The number of oxime groups is 1. The average molecular weight is 306 g/mol. The Hall–Kier alpha value is -2.75. The van der Waals surface area contributed by atoms with Crippen LogP contribution in [0.3, 0.4) is 0 Å². The second kappa shape index (κ2) is 5.80. The van der Waals surface area contributed by atoms with E-state index in [1.807, 2.05) is 30.3 Å². The monoisotopic (exact) mass is 306 g/mol.